The average Bonchev–Trinajstić information content (AvgIpc) is 2.03. The molecule has 0 bridgehead atoms. The first-order valence-corrected chi connectivity index (χ1v) is 5.03. The first-order chi connectivity index (χ1) is 5.46. The molecule has 0 fully saturated rings. The van der Waals surface area contributed by atoms with Crippen LogP contribution >= 0.6 is 46.4 Å². The standard InChI is InChI=1S/C6H8Cl4O2/c7-2-4(9)1-6(10,3-8)5(11)12/h4H,1-3H2,(H,11,12). The predicted molar refractivity (Wildman–Crippen MR) is 51.9 cm³/mol. The third-order valence-corrected chi connectivity index (χ3v) is 3.19. The molecule has 2 unspecified atom stereocenters. The number of hydrogen-bond donors (Lipinski definition) is 1. The molecule has 6 heteroatoms. The minimum absolute atomic E-state index is 0.0540. The highest BCUT2D eigenvalue weighted by molar-refractivity contribution is 6.39. The van der Waals surface area contributed by atoms with Crippen molar-refractivity contribution in [1.29, 1.82) is 0 Å². The number of rotatable bonds is 5. The zero-order chi connectivity index (χ0) is 9.78. The Labute approximate surface area is 90.7 Å². The molecule has 0 radical (unpaired) electrons. The summed E-state index contributed by atoms with van der Waals surface area (Å²) >= 11 is 22.1. The Kier molecular flexibility index (Phi) is 5.66. The van der Waals surface area contributed by atoms with Crippen LogP contribution in [-0.4, -0.2) is 33.1 Å². The van der Waals surface area contributed by atoms with Gasteiger partial charge in [-0.25, -0.2) is 0 Å². The summed E-state index contributed by atoms with van der Waals surface area (Å²) < 4.78 is 0. The lowest BCUT2D eigenvalue weighted by Crippen LogP contribution is -2.37. The normalized spacial score (nSPS) is 18.3. The summed E-state index contributed by atoms with van der Waals surface area (Å²) in [6.45, 7) is 0. The number of alkyl halides is 4. The fourth-order valence-corrected chi connectivity index (χ4v) is 1.47. The summed E-state index contributed by atoms with van der Waals surface area (Å²) in [4.78, 5) is 9.09. The van der Waals surface area contributed by atoms with E-state index >= 15 is 0 Å². The van der Waals surface area contributed by atoms with Crippen molar-refractivity contribution in [2.45, 2.75) is 16.7 Å². The summed E-state index contributed by atoms with van der Waals surface area (Å²) in [5.41, 5.74) is 0. The van der Waals surface area contributed by atoms with Gasteiger partial charge in [-0.3, -0.25) is 4.79 Å². The first-order valence-electron chi connectivity index (χ1n) is 3.14. The van der Waals surface area contributed by atoms with E-state index in [1.54, 1.807) is 0 Å². The molecular formula is C6H8Cl4O2. The molecule has 2 atom stereocenters. The van der Waals surface area contributed by atoms with Crippen molar-refractivity contribution >= 4 is 52.4 Å². The van der Waals surface area contributed by atoms with Crippen LogP contribution in [0.4, 0.5) is 0 Å². The van der Waals surface area contributed by atoms with E-state index < -0.39 is 16.2 Å². The highest BCUT2D eigenvalue weighted by atomic mass is 35.5. The van der Waals surface area contributed by atoms with Gasteiger partial charge in [-0.15, -0.1) is 46.4 Å². The van der Waals surface area contributed by atoms with E-state index in [4.69, 9.17) is 51.5 Å². The smallest absolute Gasteiger partial charge is 0.326 e. The maximum Gasteiger partial charge on any atom is 0.326 e. The zero-order valence-corrected chi connectivity index (χ0v) is 9.09. The highest BCUT2D eigenvalue weighted by Gasteiger charge is 2.37. The highest BCUT2D eigenvalue weighted by Crippen LogP contribution is 2.26. The molecule has 0 aliphatic carbocycles. The van der Waals surface area contributed by atoms with Gasteiger partial charge in [0.15, 0.2) is 4.87 Å². The second-order valence-corrected chi connectivity index (χ2v) is 4.28. The molecule has 0 saturated carbocycles. The lowest BCUT2D eigenvalue weighted by atomic mass is 10.1. The molecule has 0 aromatic heterocycles. The number of halogens is 4. The lowest BCUT2D eigenvalue weighted by molar-refractivity contribution is -0.139. The van der Waals surface area contributed by atoms with Crippen LogP contribution in [0.15, 0.2) is 0 Å². The Hall–Kier alpha value is 0.630. The van der Waals surface area contributed by atoms with Crippen molar-refractivity contribution in [2.75, 3.05) is 11.8 Å². The average molecular weight is 254 g/mol. The molecular weight excluding hydrogens is 246 g/mol. The maximum atomic E-state index is 10.6. The Balaban J connectivity index is 4.23. The van der Waals surface area contributed by atoms with E-state index in [9.17, 15) is 4.79 Å². The Morgan fingerprint density at radius 3 is 2.25 bits per heavy atom. The monoisotopic (exact) mass is 252 g/mol. The topological polar surface area (TPSA) is 37.3 Å². The molecule has 2 nitrogen and oxygen atoms in total. The van der Waals surface area contributed by atoms with Crippen molar-refractivity contribution in [2.24, 2.45) is 0 Å². The van der Waals surface area contributed by atoms with E-state index in [2.05, 4.69) is 0 Å². The van der Waals surface area contributed by atoms with Gasteiger partial charge in [0.1, 0.15) is 0 Å². The number of carboxylic acid groups (broad SMARTS) is 1. The molecule has 0 heterocycles. The number of aliphatic carboxylic acids is 1. The van der Waals surface area contributed by atoms with Crippen LogP contribution in [0.25, 0.3) is 0 Å². The van der Waals surface area contributed by atoms with E-state index in [0.29, 0.717) is 0 Å². The van der Waals surface area contributed by atoms with Crippen molar-refractivity contribution in [3.63, 3.8) is 0 Å². The van der Waals surface area contributed by atoms with Gasteiger partial charge in [0.05, 0.1) is 5.88 Å². The Morgan fingerprint density at radius 1 is 1.50 bits per heavy atom. The molecule has 12 heavy (non-hydrogen) atoms. The van der Waals surface area contributed by atoms with Crippen molar-refractivity contribution < 1.29 is 9.90 Å². The van der Waals surface area contributed by atoms with Gasteiger partial charge < -0.3 is 5.11 Å². The summed E-state index contributed by atoms with van der Waals surface area (Å²) in [7, 11) is 0. The first kappa shape index (κ1) is 12.6. The molecule has 0 saturated heterocycles. The molecule has 0 spiro atoms. The summed E-state index contributed by atoms with van der Waals surface area (Å²) in [5.74, 6) is -1.21. The van der Waals surface area contributed by atoms with Gasteiger partial charge in [-0.05, 0) is 6.42 Å². The van der Waals surface area contributed by atoms with Gasteiger partial charge in [0.25, 0.3) is 0 Å². The second kappa shape index (κ2) is 5.38. The zero-order valence-electron chi connectivity index (χ0n) is 6.07. The van der Waals surface area contributed by atoms with E-state index in [1.807, 2.05) is 0 Å². The molecule has 0 aliphatic rings. The van der Waals surface area contributed by atoms with Crippen LogP contribution in [0.2, 0.25) is 0 Å². The summed E-state index contributed by atoms with van der Waals surface area (Å²) in [6, 6.07) is 0. The maximum absolute atomic E-state index is 10.6. The van der Waals surface area contributed by atoms with Crippen molar-refractivity contribution in [1.82, 2.24) is 0 Å². The van der Waals surface area contributed by atoms with Crippen molar-refractivity contribution in [3.8, 4) is 0 Å². The minimum Gasteiger partial charge on any atom is -0.480 e. The number of carbonyl (C=O) groups is 1. The van der Waals surface area contributed by atoms with Gasteiger partial charge in [-0.2, -0.15) is 0 Å². The van der Waals surface area contributed by atoms with Gasteiger partial charge >= 0.3 is 5.97 Å². The second-order valence-electron chi connectivity index (χ2n) is 2.36. The minimum atomic E-state index is -1.50. The molecule has 0 aromatic carbocycles. The molecule has 0 aliphatic heterocycles. The molecule has 1 N–H and O–H groups in total. The van der Waals surface area contributed by atoms with Crippen LogP contribution in [0, 0.1) is 0 Å². The van der Waals surface area contributed by atoms with Gasteiger partial charge in [0.2, 0.25) is 0 Å². The van der Waals surface area contributed by atoms with Crippen LogP contribution < -0.4 is 0 Å². The molecule has 0 aromatic rings. The number of carboxylic acids is 1. The molecule has 0 amide bonds. The van der Waals surface area contributed by atoms with E-state index in [1.165, 1.54) is 0 Å². The Bertz CT molecular complexity index is 164. The third-order valence-electron chi connectivity index (χ3n) is 1.31. The fraction of sp³-hybridized carbons (Fsp3) is 0.833. The summed E-state index contributed by atoms with van der Waals surface area (Å²) in [6.07, 6.45) is 0.0540. The Morgan fingerprint density at radius 2 is 2.00 bits per heavy atom. The SMILES string of the molecule is O=C(O)C(Cl)(CCl)CC(Cl)CCl. The van der Waals surface area contributed by atoms with E-state index in [-0.39, 0.29) is 18.2 Å². The number of hydrogen-bond acceptors (Lipinski definition) is 1. The molecule has 0 rings (SSSR count). The summed E-state index contributed by atoms with van der Waals surface area (Å²) in [5, 5.41) is 8.19. The van der Waals surface area contributed by atoms with Crippen LogP contribution in [0.3, 0.4) is 0 Å². The third kappa shape index (κ3) is 3.56. The largest absolute Gasteiger partial charge is 0.480 e. The van der Waals surface area contributed by atoms with Crippen LogP contribution in [0.1, 0.15) is 6.42 Å². The van der Waals surface area contributed by atoms with Gasteiger partial charge in [-0.1, -0.05) is 0 Å². The quantitative estimate of drug-likeness (QED) is 0.765. The van der Waals surface area contributed by atoms with Crippen molar-refractivity contribution in [3.05, 3.63) is 0 Å². The lowest BCUT2D eigenvalue weighted by Gasteiger charge is -2.20. The fourth-order valence-electron chi connectivity index (χ4n) is 0.605. The molecule has 72 valence electrons. The van der Waals surface area contributed by atoms with Crippen LogP contribution in [-0.2, 0) is 4.79 Å². The van der Waals surface area contributed by atoms with Gasteiger partial charge in [0, 0.05) is 11.3 Å². The van der Waals surface area contributed by atoms with Crippen LogP contribution in [0.5, 0.6) is 0 Å². The van der Waals surface area contributed by atoms with E-state index in [0.717, 1.165) is 0 Å². The predicted octanol–water partition coefficient (Wildman–Crippen LogP) is 2.52.